The molecule has 1 aromatic rings. The molecule has 86 valence electrons. The molecule has 0 aliphatic heterocycles. The molecule has 0 bridgehead atoms. The first-order chi connectivity index (χ1) is 7.74. The summed E-state index contributed by atoms with van der Waals surface area (Å²) in [6, 6.07) is 10.2. The van der Waals surface area contributed by atoms with Crippen LogP contribution in [0.3, 0.4) is 0 Å². The lowest BCUT2D eigenvalue weighted by atomic mass is 10.00. The Morgan fingerprint density at radius 2 is 1.94 bits per heavy atom. The van der Waals surface area contributed by atoms with E-state index in [9.17, 15) is 4.79 Å². The van der Waals surface area contributed by atoms with Gasteiger partial charge in [-0.1, -0.05) is 49.8 Å². The topological polar surface area (TPSA) is 37.3 Å². The second-order valence-electron chi connectivity index (χ2n) is 3.78. The summed E-state index contributed by atoms with van der Waals surface area (Å²) < 4.78 is 0. The van der Waals surface area contributed by atoms with Crippen molar-refractivity contribution in [1.29, 1.82) is 0 Å². The number of hydrogen-bond acceptors (Lipinski definition) is 1. The summed E-state index contributed by atoms with van der Waals surface area (Å²) in [5, 5.41) is 8.60. The average molecular weight is 218 g/mol. The third kappa shape index (κ3) is 4.30. The zero-order chi connectivity index (χ0) is 11.8. The first kappa shape index (κ1) is 12.5. The normalized spacial score (nSPS) is 11.4. The predicted molar refractivity (Wildman–Crippen MR) is 66.2 cm³/mol. The maximum absolute atomic E-state index is 10.4. The van der Waals surface area contributed by atoms with Crippen LogP contribution < -0.4 is 0 Å². The van der Waals surface area contributed by atoms with Crippen LogP contribution in [0.1, 0.15) is 38.2 Å². The van der Waals surface area contributed by atoms with E-state index < -0.39 is 5.97 Å². The van der Waals surface area contributed by atoms with Gasteiger partial charge in [-0.15, -0.1) is 0 Å². The van der Waals surface area contributed by atoms with Crippen molar-refractivity contribution in [2.45, 2.75) is 32.6 Å². The molecule has 1 rings (SSSR count). The summed E-state index contributed by atoms with van der Waals surface area (Å²) in [5.74, 6) is -0.736. The van der Waals surface area contributed by atoms with Crippen LogP contribution in [0.5, 0.6) is 0 Å². The van der Waals surface area contributed by atoms with Crippen molar-refractivity contribution < 1.29 is 9.90 Å². The largest absolute Gasteiger partial charge is 0.481 e. The molecule has 0 heterocycles. The van der Waals surface area contributed by atoms with Gasteiger partial charge in [0.05, 0.1) is 0 Å². The SMILES string of the molecule is CCC/C(=C\CCC(=O)O)c1ccccc1. The minimum atomic E-state index is -0.736. The van der Waals surface area contributed by atoms with Crippen molar-refractivity contribution in [2.75, 3.05) is 0 Å². The summed E-state index contributed by atoms with van der Waals surface area (Å²) in [6.45, 7) is 2.13. The minimum Gasteiger partial charge on any atom is -0.481 e. The maximum Gasteiger partial charge on any atom is 0.303 e. The van der Waals surface area contributed by atoms with E-state index in [1.807, 2.05) is 24.3 Å². The highest BCUT2D eigenvalue weighted by Crippen LogP contribution is 2.20. The van der Waals surface area contributed by atoms with E-state index in [2.05, 4.69) is 19.1 Å². The standard InChI is InChI=1S/C14H18O2/c1-2-7-12(10-6-11-14(15)16)13-8-4-3-5-9-13/h3-5,8-10H,2,6-7,11H2,1H3,(H,15,16)/b12-10+. The van der Waals surface area contributed by atoms with Gasteiger partial charge in [-0.3, -0.25) is 4.79 Å². The fourth-order valence-corrected chi connectivity index (χ4v) is 1.66. The second-order valence-corrected chi connectivity index (χ2v) is 3.78. The van der Waals surface area contributed by atoms with Crippen molar-refractivity contribution in [3.05, 3.63) is 42.0 Å². The smallest absolute Gasteiger partial charge is 0.303 e. The van der Waals surface area contributed by atoms with Gasteiger partial charge in [0.1, 0.15) is 0 Å². The van der Waals surface area contributed by atoms with E-state index in [-0.39, 0.29) is 6.42 Å². The van der Waals surface area contributed by atoms with Crippen LogP contribution in [0.2, 0.25) is 0 Å². The van der Waals surface area contributed by atoms with Gasteiger partial charge in [-0.25, -0.2) is 0 Å². The molecule has 0 aliphatic rings. The molecule has 0 amide bonds. The zero-order valence-corrected chi connectivity index (χ0v) is 9.65. The summed E-state index contributed by atoms with van der Waals surface area (Å²) in [7, 11) is 0. The molecule has 16 heavy (non-hydrogen) atoms. The number of rotatable bonds is 6. The van der Waals surface area contributed by atoms with Crippen LogP contribution in [-0.4, -0.2) is 11.1 Å². The summed E-state index contributed by atoms with van der Waals surface area (Å²) in [5.41, 5.74) is 2.46. The fourth-order valence-electron chi connectivity index (χ4n) is 1.66. The van der Waals surface area contributed by atoms with E-state index in [0.29, 0.717) is 6.42 Å². The summed E-state index contributed by atoms with van der Waals surface area (Å²) in [4.78, 5) is 10.4. The lowest BCUT2D eigenvalue weighted by Crippen LogP contribution is -1.93. The van der Waals surface area contributed by atoms with E-state index in [4.69, 9.17) is 5.11 Å². The Balaban J connectivity index is 2.71. The molecule has 2 heteroatoms. The average Bonchev–Trinajstić information content (AvgIpc) is 2.29. The first-order valence-corrected chi connectivity index (χ1v) is 5.70. The highest BCUT2D eigenvalue weighted by Gasteiger charge is 2.00. The molecule has 2 nitrogen and oxygen atoms in total. The molecule has 0 fully saturated rings. The van der Waals surface area contributed by atoms with Gasteiger partial charge in [-0.2, -0.15) is 0 Å². The van der Waals surface area contributed by atoms with Crippen molar-refractivity contribution in [3.63, 3.8) is 0 Å². The number of aliphatic carboxylic acids is 1. The molecule has 0 spiro atoms. The van der Waals surface area contributed by atoms with Crippen LogP contribution in [0.15, 0.2) is 36.4 Å². The third-order valence-electron chi connectivity index (χ3n) is 2.41. The first-order valence-electron chi connectivity index (χ1n) is 5.70. The van der Waals surface area contributed by atoms with Crippen molar-refractivity contribution in [2.24, 2.45) is 0 Å². The molecule has 0 saturated heterocycles. The van der Waals surface area contributed by atoms with Crippen LogP contribution in [0, 0.1) is 0 Å². The summed E-state index contributed by atoms with van der Waals surface area (Å²) >= 11 is 0. The lowest BCUT2D eigenvalue weighted by Gasteiger charge is -2.06. The molecule has 0 aromatic heterocycles. The van der Waals surface area contributed by atoms with Gasteiger partial charge in [-0.05, 0) is 24.0 Å². The Bertz CT molecular complexity index is 352. The van der Waals surface area contributed by atoms with Crippen LogP contribution >= 0.6 is 0 Å². The minimum absolute atomic E-state index is 0.208. The van der Waals surface area contributed by atoms with Crippen molar-refractivity contribution in [1.82, 2.24) is 0 Å². The van der Waals surface area contributed by atoms with E-state index >= 15 is 0 Å². The highest BCUT2D eigenvalue weighted by atomic mass is 16.4. The molecule has 1 aromatic carbocycles. The number of hydrogen-bond donors (Lipinski definition) is 1. The van der Waals surface area contributed by atoms with Gasteiger partial charge in [0.15, 0.2) is 0 Å². The van der Waals surface area contributed by atoms with E-state index in [0.717, 1.165) is 12.8 Å². The number of carbonyl (C=O) groups is 1. The zero-order valence-electron chi connectivity index (χ0n) is 9.65. The summed E-state index contributed by atoms with van der Waals surface area (Å²) in [6.07, 6.45) is 4.95. The predicted octanol–water partition coefficient (Wildman–Crippen LogP) is 3.73. The molecular formula is C14H18O2. The Kier molecular flexibility index (Phi) is 5.34. The second kappa shape index (κ2) is 6.83. The van der Waals surface area contributed by atoms with Crippen molar-refractivity contribution >= 4 is 11.5 Å². The van der Waals surface area contributed by atoms with Crippen LogP contribution in [0.4, 0.5) is 0 Å². The van der Waals surface area contributed by atoms with Gasteiger partial charge in [0.25, 0.3) is 0 Å². The number of carboxylic acids is 1. The molecule has 0 radical (unpaired) electrons. The Morgan fingerprint density at radius 3 is 2.50 bits per heavy atom. The Labute approximate surface area is 96.6 Å². The maximum atomic E-state index is 10.4. The van der Waals surface area contributed by atoms with Gasteiger partial charge < -0.3 is 5.11 Å². The fraction of sp³-hybridized carbons (Fsp3) is 0.357. The highest BCUT2D eigenvalue weighted by molar-refractivity contribution is 5.69. The van der Waals surface area contributed by atoms with E-state index in [1.54, 1.807) is 0 Å². The quantitative estimate of drug-likeness (QED) is 0.789. The molecule has 0 aliphatic carbocycles. The van der Waals surface area contributed by atoms with Gasteiger partial charge in [0, 0.05) is 6.42 Å². The van der Waals surface area contributed by atoms with Gasteiger partial charge >= 0.3 is 5.97 Å². The monoisotopic (exact) mass is 218 g/mol. The number of allylic oxidation sites excluding steroid dienone is 2. The van der Waals surface area contributed by atoms with Crippen molar-refractivity contribution in [3.8, 4) is 0 Å². The molecule has 1 N–H and O–H groups in total. The van der Waals surface area contributed by atoms with Crippen LogP contribution in [-0.2, 0) is 4.79 Å². The Morgan fingerprint density at radius 1 is 1.25 bits per heavy atom. The van der Waals surface area contributed by atoms with Gasteiger partial charge in [0.2, 0.25) is 0 Å². The number of benzene rings is 1. The number of carboxylic acid groups (broad SMARTS) is 1. The third-order valence-corrected chi connectivity index (χ3v) is 2.41. The molecule has 0 saturated carbocycles. The van der Waals surface area contributed by atoms with Crippen LogP contribution in [0.25, 0.3) is 5.57 Å². The molecule has 0 unspecified atom stereocenters. The Hall–Kier alpha value is -1.57. The van der Waals surface area contributed by atoms with E-state index in [1.165, 1.54) is 11.1 Å². The molecule has 0 atom stereocenters. The lowest BCUT2D eigenvalue weighted by molar-refractivity contribution is -0.136. The molecular weight excluding hydrogens is 200 g/mol.